The van der Waals surface area contributed by atoms with Crippen LogP contribution in [0.1, 0.15) is 38.3 Å². The highest BCUT2D eigenvalue weighted by Gasteiger charge is 2.35. The van der Waals surface area contributed by atoms with Crippen LogP contribution in [0.25, 0.3) is 5.78 Å². The van der Waals surface area contributed by atoms with E-state index in [4.69, 9.17) is 0 Å². The molecule has 1 N–H and O–H groups in total. The first-order valence-electron chi connectivity index (χ1n) is 6.18. The van der Waals surface area contributed by atoms with Gasteiger partial charge in [-0.15, -0.1) is 0 Å². The van der Waals surface area contributed by atoms with E-state index in [1.54, 1.807) is 10.8 Å². The SMILES string of the molecule is CCC1(Nc2cc(C)nc3ncnn23)CCC1. The summed E-state index contributed by atoms with van der Waals surface area (Å²) in [5.74, 6) is 1.67. The predicted octanol–water partition coefficient (Wildman–Crippen LogP) is 2.18. The average molecular weight is 231 g/mol. The van der Waals surface area contributed by atoms with Crippen molar-refractivity contribution in [2.75, 3.05) is 5.32 Å². The van der Waals surface area contributed by atoms with E-state index in [2.05, 4.69) is 27.3 Å². The molecule has 17 heavy (non-hydrogen) atoms. The molecule has 1 aliphatic rings. The summed E-state index contributed by atoms with van der Waals surface area (Å²) in [5.41, 5.74) is 1.23. The number of fused-ring (bicyclic) bond motifs is 1. The van der Waals surface area contributed by atoms with E-state index in [-0.39, 0.29) is 5.54 Å². The highest BCUT2D eigenvalue weighted by molar-refractivity contribution is 5.47. The van der Waals surface area contributed by atoms with Crippen molar-refractivity contribution in [3.8, 4) is 0 Å². The smallest absolute Gasteiger partial charge is 0.254 e. The van der Waals surface area contributed by atoms with Crippen LogP contribution in [-0.4, -0.2) is 25.1 Å². The van der Waals surface area contributed by atoms with Gasteiger partial charge in [0.15, 0.2) is 0 Å². The lowest BCUT2D eigenvalue weighted by atomic mass is 9.75. The summed E-state index contributed by atoms with van der Waals surface area (Å²) in [6.07, 6.45) is 6.48. The van der Waals surface area contributed by atoms with Crippen molar-refractivity contribution in [3.05, 3.63) is 18.1 Å². The lowest BCUT2D eigenvalue weighted by Crippen LogP contribution is -2.44. The van der Waals surface area contributed by atoms with Crippen LogP contribution < -0.4 is 5.32 Å². The molecule has 0 atom stereocenters. The van der Waals surface area contributed by atoms with Gasteiger partial charge in [-0.25, -0.2) is 4.98 Å². The van der Waals surface area contributed by atoms with Gasteiger partial charge < -0.3 is 5.32 Å². The third-order valence-electron chi connectivity index (χ3n) is 3.76. The highest BCUT2D eigenvalue weighted by Crippen LogP contribution is 2.37. The molecular weight excluding hydrogens is 214 g/mol. The number of nitrogens with one attached hydrogen (secondary N) is 1. The number of anilines is 1. The lowest BCUT2D eigenvalue weighted by molar-refractivity contribution is 0.268. The van der Waals surface area contributed by atoms with E-state index in [1.165, 1.54) is 19.3 Å². The maximum atomic E-state index is 4.35. The van der Waals surface area contributed by atoms with Gasteiger partial charge in [0.05, 0.1) is 0 Å². The molecule has 2 aromatic heterocycles. The van der Waals surface area contributed by atoms with Crippen LogP contribution in [0.15, 0.2) is 12.4 Å². The van der Waals surface area contributed by atoms with Crippen molar-refractivity contribution >= 4 is 11.6 Å². The molecule has 0 bridgehead atoms. The van der Waals surface area contributed by atoms with Gasteiger partial charge in [0.1, 0.15) is 12.1 Å². The predicted molar refractivity (Wildman–Crippen MR) is 66.0 cm³/mol. The molecule has 5 nitrogen and oxygen atoms in total. The number of aryl methyl sites for hydroxylation is 1. The van der Waals surface area contributed by atoms with Crippen LogP contribution in [0.3, 0.4) is 0 Å². The average Bonchev–Trinajstić information content (AvgIpc) is 2.71. The van der Waals surface area contributed by atoms with Crippen molar-refractivity contribution in [2.24, 2.45) is 0 Å². The Balaban J connectivity index is 2.01. The number of aromatic nitrogens is 4. The summed E-state index contributed by atoms with van der Waals surface area (Å²) in [6, 6.07) is 2.04. The molecule has 0 amide bonds. The largest absolute Gasteiger partial charge is 0.364 e. The molecule has 5 heteroatoms. The topological polar surface area (TPSA) is 55.1 Å². The third kappa shape index (κ3) is 1.66. The summed E-state index contributed by atoms with van der Waals surface area (Å²) >= 11 is 0. The van der Waals surface area contributed by atoms with Crippen LogP contribution >= 0.6 is 0 Å². The Hall–Kier alpha value is -1.65. The van der Waals surface area contributed by atoms with Crippen LogP contribution in [0.2, 0.25) is 0 Å². The minimum atomic E-state index is 0.257. The molecule has 0 aliphatic heterocycles. The molecule has 3 rings (SSSR count). The van der Waals surface area contributed by atoms with Crippen molar-refractivity contribution in [1.82, 2.24) is 19.6 Å². The van der Waals surface area contributed by atoms with Crippen molar-refractivity contribution in [1.29, 1.82) is 0 Å². The molecular formula is C12H17N5. The van der Waals surface area contributed by atoms with Crippen LogP contribution in [0.5, 0.6) is 0 Å². The fourth-order valence-corrected chi connectivity index (χ4v) is 2.46. The molecule has 1 fully saturated rings. The quantitative estimate of drug-likeness (QED) is 0.879. The normalized spacial score (nSPS) is 18.0. The van der Waals surface area contributed by atoms with Gasteiger partial charge in [0.2, 0.25) is 0 Å². The molecule has 90 valence electrons. The molecule has 2 aromatic rings. The molecule has 2 heterocycles. The van der Waals surface area contributed by atoms with Gasteiger partial charge in [-0.3, -0.25) is 0 Å². The summed E-state index contributed by atoms with van der Waals surface area (Å²) in [4.78, 5) is 8.49. The first kappa shape index (κ1) is 10.5. The molecule has 1 aliphatic carbocycles. The number of nitrogens with zero attached hydrogens (tertiary/aromatic N) is 4. The maximum Gasteiger partial charge on any atom is 0.254 e. The van der Waals surface area contributed by atoms with Gasteiger partial charge in [-0.05, 0) is 32.6 Å². The number of hydrogen-bond acceptors (Lipinski definition) is 4. The molecule has 0 spiro atoms. The second-order valence-electron chi connectivity index (χ2n) is 4.87. The number of hydrogen-bond donors (Lipinski definition) is 1. The van der Waals surface area contributed by atoms with Gasteiger partial charge in [-0.2, -0.15) is 14.6 Å². The second-order valence-corrected chi connectivity index (χ2v) is 4.87. The van der Waals surface area contributed by atoms with E-state index in [9.17, 15) is 0 Å². The van der Waals surface area contributed by atoms with Crippen LogP contribution in [0, 0.1) is 6.92 Å². The first-order valence-corrected chi connectivity index (χ1v) is 6.18. The Morgan fingerprint density at radius 1 is 1.47 bits per heavy atom. The molecule has 0 aromatic carbocycles. The van der Waals surface area contributed by atoms with Crippen LogP contribution in [-0.2, 0) is 0 Å². The van der Waals surface area contributed by atoms with E-state index in [1.807, 2.05) is 13.0 Å². The zero-order valence-corrected chi connectivity index (χ0v) is 10.3. The third-order valence-corrected chi connectivity index (χ3v) is 3.76. The molecule has 0 saturated heterocycles. The van der Waals surface area contributed by atoms with Crippen molar-refractivity contribution in [3.63, 3.8) is 0 Å². The van der Waals surface area contributed by atoms with Gasteiger partial charge in [0, 0.05) is 17.3 Å². The zero-order chi connectivity index (χ0) is 11.9. The lowest BCUT2D eigenvalue weighted by Gasteiger charge is -2.42. The second kappa shape index (κ2) is 3.68. The molecule has 0 unspecified atom stereocenters. The summed E-state index contributed by atoms with van der Waals surface area (Å²) in [6.45, 7) is 4.22. The zero-order valence-electron chi connectivity index (χ0n) is 10.3. The van der Waals surface area contributed by atoms with Gasteiger partial charge in [-0.1, -0.05) is 6.92 Å². The fraction of sp³-hybridized carbons (Fsp3) is 0.583. The summed E-state index contributed by atoms with van der Waals surface area (Å²) < 4.78 is 1.78. The van der Waals surface area contributed by atoms with Gasteiger partial charge in [0.25, 0.3) is 5.78 Å². The first-order chi connectivity index (χ1) is 8.22. The summed E-state index contributed by atoms with van der Waals surface area (Å²) in [5, 5.41) is 7.85. The van der Waals surface area contributed by atoms with Gasteiger partial charge >= 0.3 is 0 Å². The highest BCUT2D eigenvalue weighted by atomic mass is 15.4. The van der Waals surface area contributed by atoms with E-state index >= 15 is 0 Å². The Morgan fingerprint density at radius 3 is 2.94 bits per heavy atom. The molecule has 0 radical (unpaired) electrons. The Bertz CT molecular complexity index is 535. The van der Waals surface area contributed by atoms with E-state index < -0.39 is 0 Å². The van der Waals surface area contributed by atoms with E-state index in [0.29, 0.717) is 5.78 Å². The molecule has 1 saturated carbocycles. The number of rotatable bonds is 3. The van der Waals surface area contributed by atoms with Crippen LogP contribution in [0.4, 0.5) is 5.82 Å². The Kier molecular flexibility index (Phi) is 2.28. The standard InChI is InChI=1S/C12H17N5/c1-3-12(5-4-6-12)16-10-7-9(2)15-11-13-8-14-17(10)11/h7-8,16H,3-6H2,1-2H3. The Morgan fingerprint density at radius 2 is 2.29 bits per heavy atom. The minimum absolute atomic E-state index is 0.257. The van der Waals surface area contributed by atoms with Crippen molar-refractivity contribution < 1.29 is 0 Å². The minimum Gasteiger partial charge on any atom is -0.364 e. The summed E-state index contributed by atoms with van der Waals surface area (Å²) in [7, 11) is 0. The fourth-order valence-electron chi connectivity index (χ4n) is 2.46. The Labute approximate surface area is 100 Å². The van der Waals surface area contributed by atoms with Crippen molar-refractivity contribution in [2.45, 2.75) is 45.1 Å². The monoisotopic (exact) mass is 231 g/mol. The van der Waals surface area contributed by atoms with E-state index in [0.717, 1.165) is 17.9 Å². The maximum absolute atomic E-state index is 4.35.